The summed E-state index contributed by atoms with van der Waals surface area (Å²) in [5.41, 5.74) is 7.77. The molecule has 2 aromatic carbocycles. The van der Waals surface area contributed by atoms with Gasteiger partial charge in [-0.1, -0.05) is 35.9 Å². The van der Waals surface area contributed by atoms with E-state index in [2.05, 4.69) is 4.99 Å². The number of rotatable bonds is 4. The quantitative estimate of drug-likeness (QED) is 0.591. The number of hydrogen-bond acceptors (Lipinski definition) is 6. The SMILES string of the molecule is CC(C)(C)ON([O-])n1c(-c2cccc(C3(C)COCC(N)=N3)c2)cc2ccc(Cl)cc21. The fraction of sp³-hybridized carbons (Fsp3) is 0.348. The molecule has 0 saturated carbocycles. The van der Waals surface area contributed by atoms with Crippen LogP contribution in [0.15, 0.2) is 53.5 Å². The number of ether oxygens (including phenoxy) is 1. The minimum Gasteiger partial charge on any atom is -0.717 e. The first-order chi connectivity index (χ1) is 14.6. The molecule has 0 bridgehead atoms. The molecule has 0 radical (unpaired) electrons. The van der Waals surface area contributed by atoms with Gasteiger partial charge in [0.25, 0.3) is 0 Å². The Kier molecular flexibility index (Phi) is 5.47. The average Bonchev–Trinajstić information content (AvgIpc) is 3.05. The van der Waals surface area contributed by atoms with Gasteiger partial charge in [-0.15, -0.1) is 0 Å². The largest absolute Gasteiger partial charge is 0.717 e. The lowest BCUT2D eigenvalue weighted by atomic mass is 9.91. The van der Waals surface area contributed by atoms with Crippen LogP contribution in [0.1, 0.15) is 33.3 Å². The van der Waals surface area contributed by atoms with E-state index in [9.17, 15) is 5.21 Å². The Morgan fingerprint density at radius 1 is 1.23 bits per heavy atom. The van der Waals surface area contributed by atoms with Crippen LogP contribution in [0.2, 0.25) is 5.02 Å². The van der Waals surface area contributed by atoms with E-state index in [4.69, 9.17) is 26.9 Å². The molecule has 1 aromatic heterocycles. The Bertz CT molecular complexity index is 1150. The van der Waals surface area contributed by atoms with Crippen LogP contribution < -0.4 is 11.1 Å². The van der Waals surface area contributed by atoms with E-state index in [-0.39, 0.29) is 0 Å². The van der Waals surface area contributed by atoms with Crippen molar-refractivity contribution in [3.05, 3.63) is 64.3 Å². The van der Waals surface area contributed by atoms with Crippen molar-refractivity contribution in [2.75, 3.05) is 18.5 Å². The number of aliphatic imine (C=N–C) groups is 1. The van der Waals surface area contributed by atoms with Crippen molar-refractivity contribution in [3.8, 4) is 11.3 Å². The molecule has 1 aliphatic rings. The lowest BCUT2D eigenvalue weighted by Crippen LogP contribution is -2.37. The lowest BCUT2D eigenvalue weighted by Gasteiger charge is -2.37. The highest BCUT2D eigenvalue weighted by Gasteiger charge is 2.30. The van der Waals surface area contributed by atoms with Gasteiger partial charge in [0.2, 0.25) is 0 Å². The molecule has 3 aromatic rings. The number of aromatic nitrogens is 1. The highest BCUT2D eigenvalue weighted by atomic mass is 35.5. The van der Waals surface area contributed by atoms with Crippen molar-refractivity contribution in [2.45, 2.75) is 38.8 Å². The van der Waals surface area contributed by atoms with Crippen LogP contribution in [0, 0.1) is 5.21 Å². The van der Waals surface area contributed by atoms with E-state index in [0.717, 1.165) is 16.5 Å². The third kappa shape index (κ3) is 4.41. The third-order valence-corrected chi connectivity index (χ3v) is 5.30. The summed E-state index contributed by atoms with van der Waals surface area (Å²) in [7, 11) is 0. The fourth-order valence-corrected chi connectivity index (χ4v) is 3.88. The molecule has 1 unspecified atom stereocenters. The van der Waals surface area contributed by atoms with Crippen molar-refractivity contribution in [2.24, 2.45) is 10.7 Å². The second-order valence-electron chi connectivity index (χ2n) is 8.94. The van der Waals surface area contributed by atoms with Crippen LogP contribution >= 0.6 is 11.6 Å². The van der Waals surface area contributed by atoms with Crippen molar-refractivity contribution >= 4 is 28.3 Å². The first-order valence-corrected chi connectivity index (χ1v) is 10.4. The van der Waals surface area contributed by atoms with Crippen molar-refractivity contribution in [1.82, 2.24) is 4.68 Å². The van der Waals surface area contributed by atoms with Gasteiger partial charge in [0.05, 0.1) is 23.4 Å². The first-order valence-electron chi connectivity index (χ1n) is 10.1. The molecule has 8 heteroatoms. The Morgan fingerprint density at radius 2 is 2.00 bits per heavy atom. The molecular formula is C23H26ClN4O3-. The molecule has 164 valence electrons. The standard InChI is InChI=1S/C23H26ClN4O3/c1-22(2,3)31-28(29)27-19(11-16-8-9-18(24)12-20(16)27)15-6-5-7-17(10-15)23(4)14-30-13-21(25)26-23/h5-12H,13-14H2,1-4H3,(H2,25,26)/q-1. The smallest absolute Gasteiger partial charge is 0.121 e. The van der Waals surface area contributed by atoms with Crippen LogP contribution in [-0.4, -0.2) is 29.3 Å². The molecule has 0 fully saturated rings. The normalized spacial score (nSPS) is 19.5. The van der Waals surface area contributed by atoms with Crippen molar-refractivity contribution in [3.63, 3.8) is 0 Å². The van der Waals surface area contributed by atoms with Crippen LogP contribution in [-0.2, 0) is 15.1 Å². The summed E-state index contributed by atoms with van der Waals surface area (Å²) in [5, 5.41) is 15.0. The Labute approximate surface area is 186 Å². The Balaban J connectivity index is 1.87. The second kappa shape index (κ2) is 7.84. The molecule has 4 rings (SSSR count). The second-order valence-corrected chi connectivity index (χ2v) is 9.37. The summed E-state index contributed by atoms with van der Waals surface area (Å²) in [6.45, 7) is 8.21. The molecule has 31 heavy (non-hydrogen) atoms. The molecule has 0 spiro atoms. The highest BCUT2D eigenvalue weighted by Crippen LogP contribution is 2.35. The van der Waals surface area contributed by atoms with Gasteiger partial charge in [-0.25, -0.2) is 10.0 Å². The minimum absolute atomic E-state index is 0.333. The molecule has 1 atom stereocenters. The fourth-order valence-electron chi connectivity index (χ4n) is 3.71. The van der Waals surface area contributed by atoms with E-state index < -0.39 is 11.1 Å². The lowest BCUT2D eigenvalue weighted by molar-refractivity contribution is -0.0359. The number of nitrogens with two attached hydrogens (primary N) is 1. The van der Waals surface area contributed by atoms with Crippen LogP contribution in [0.4, 0.5) is 0 Å². The third-order valence-electron chi connectivity index (χ3n) is 5.06. The summed E-state index contributed by atoms with van der Waals surface area (Å²) in [6.07, 6.45) is 0. The zero-order valence-electron chi connectivity index (χ0n) is 18.1. The van der Waals surface area contributed by atoms with Gasteiger partial charge in [0, 0.05) is 16.0 Å². The monoisotopic (exact) mass is 441 g/mol. The van der Waals surface area contributed by atoms with Crippen molar-refractivity contribution in [1.29, 1.82) is 0 Å². The Hall–Kier alpha value is -2.58. The van der Waals surface area contributed by atoms with Gasteiger partial charge in [0.1, 0.15) is 18.0 Å². The van der Waals surface area contributed by atoms with E-state index in [1.165, 1.54) is 4.68 Å². The summed E-state index contributed by atoms with van der Waals surface area (Å²) >= 11 is 6.23. The number of hydrogen-bond donors (Lipinski definition) is 1. The minimum atomic E-state index is -0.671. The van der Waals surface area contributed by atoms with Gasteiger partial charge in [-0.2, -0.15) is 0 Å². The zero-order chi connectivity index (χ0) is 22.4. The molecular weight excluding hydrogens is 416 g/mol. The molecule has 2 N–H and O–H groups in total. The van der Waals surface area contributed by atoms with E-state index >= 15 is 0 Å². The molecule has 7 nitrogen and oxygen atoms in total. The summed E-state index contributed by atoms with van der Waals surface area (Å²) in [6, 6.07) is 15.2. The van der Waals surface area contributed by atoms with Gasteiger partial charge >= 0.3 is 0 Å². The maximum absolute atomic E-state index is 13.1. The molecule has 0 amide bonds. The molecule has 0 saturated heterocycles. The zero-order valence-corrected chi connectivity index (χ0v) is 18.8. The van der Waals surface area contributed by atoms with Gasteiger partial charge in [-0.3, -0.25) is 9.83 Å². The molecule has 0 aliphatic carbocycles. The molecule has 2 heterocycles. The maximum atomic E-state index is 13.1. The number of halogens is 1. The number of fused-ring (bicyclic) bond motifs is 1. The van der Waals surface area contributed by atoms with Crippen LogP contribution in [0.25, 0.3) is 22.2 Å². The number of benzene rings is 2. The first kappa shape index (κ1) is 21.6. The van der Waals surface area contributed by atoms with Gasteiger partial charge in [-0.05, 0) is 57.5 Å². The highest BCUT2D eigenvalue weighted by molar-refractivity contribution is 6.31. The summed E-state index contributed by atoms with van der Waals surface area (Å²) in [5.74, 6) is 0.465. The van der Waals surface area contributed by atoms with Crippen LogP contribution in [0.3, 0.4) is 0 Å². The van der Waals surface area contributed by atoms with Crippen LogP contribution in [0.5, 0.6) is 0 Å². The topological polar surface area (TPSA) is 88.1 Å². The van der Waals surface area contributed by atoms with E-state index in [1.54, 1.807) is 12.1 Å². The molecule has 1 aliphatic heterocycles. The number of amidine groups is 1. The van der Waals surface area contributed by atoms with Gasteiger partial charge < -0.3 is 15.7 Å². The predicted molar refractivity (Wildman–Crippen MR) is 125 cm³/mol. The average molecular weight is 442 g/mol. The van der Waals surface area contributed by atoms with Gasteiger partial charge in [0.15, 0.2) is 0 Å². The van der Waals surface area contributed by atoms with Crippen molar-refractivity contribution < 1.29 is 9.57 Å². The van der Waals surface area contributed by atoms with E-state index in [0.29, 0.717) is 40.6 Å². The summed E-state index contributed by atoms with van der Waals surface area (Å²) in [4.78, 5) is 10.2. The number of nitrogens with zero attached hydrogens (tertiary/aromatic N) is 3. The Morgan fingerprint density at radius 3 is 2.71 bits per heavy atom. The maximum Gasteiger partial charge on any atom is 0.121 e. The summed E-state index contributed by atoms with van der Waals surface area (Å²) < 4.78 is 7.11. The van der Waals surface area contributed by atoms with E-state index in [1.807, 2.05) is 64.1 Å². The predicted octanol–water partition coefficient (Wildman–Crippen LogP) is 4.73.